The molecule has 0 aliphatic carbocycles. The van der Waals surface area contributed by atoms with Gasteiger partial charge < -0.3 is 13.7 Å². The fourth-order valence-electron chi connectivity index (χ4n) is 7.30. The predicted octanol–water partition coefficient (Wildman–Crippen LogP) is 12.9. The molecule has 0 atom stereocenters. The molecule has 3 nitrogen and oxygen atoms in total. The molecule has 220 valence electrons. The number of anilines is 3. The van der Waals surface area contributed by atoms with Gasteiger partial charge in [-0.2, -0.15) is 0 Å². The highest BCUT2D eigenvalue weighted by molar-refractivity contribution is 6.19. The van der Waals surface area contributed by atoms with Gasteiger partial charge in [-0.05, 0) is 69.8 Å². The van der Waals surface area contributed by atoms with Gasteiger partial charge in [-0.15, -0.1) is 0 Å². The maximum atomic E-state index is 6.88. The van der Waals surface area contributed by atoms with Crippen molar-refractivity contribution in [2.75, 3.05) is 4.90 Å². The quantitative estimate of drug-likeness (QED) is 0.201. The fraction of sp³-hybridized carbons (Fsp3) is 0. The van der Waals surface area contributed by atoms with E-state index >= 15 is 0 Å². The number of furan rings is 2. The second-order valence-electron chi connectivity index (χ2n) is 12.1. The molecule has 0 aliphatic heterocycles. The van der Waals surface area contributed by atoms with Crippen molar-refractivity contribution in [3.8, 4) is 11.1 Å². The Balaban J connectivity index is 1.24. The molecule has 0 aliphatic rings. The molecule has 47 heavy (non-hydrogen) atoms. The van der Waals surface area contributed by atoms with Gasteiger partial charge in [-0.1, -0.05) is 121 Å². The Kier molecular flexibility index (Phi) is 5.57. The number of rotatable bonds is 4. The molecule has 0 radical (unpaired) electrons. The van der Waals surface area contributed by atoms with Gasteiger partial charge in [-0.3, -0.25) is 0 Å². The Hall–Kier alpha value is -6.32. The van der Waals surface area contributed by atoms with Gasteiger partial charge in [0.2, 0.25) is 0 Å². The summed E-state index contributed by atoms with van der Waals surface area (Å²) in [5, 5.41) is 9.10. The van der Waals surface area contributed by atoms with Crippen LogP contribution in [0.4, 0.5) is 17.1 Å². The molecular formula is C44H27NO2. The van der Waals surface area contributed by atoms with Gasteiger partial charge in [-0.25, -0.2) is 0 Å². The minimum atomic E-state index is 0.849. The molecule has 10 rings (SSSR count). The van der Waals surface area contributed by atoms with E-state index < -0.39 is 0 Å². The Morgan fingerprint density at radius 2 is 0.979 bits per heavy atom. The first-order valence-corrected chi connectivity index (χ1v) is 15.9. The highest BCUT2D eigenvalue weighted by Crippen LogP contribution is 2.47. The summed E-state index contributed by atoms with van der Waals surface area (Å²) in [6, 6.07) is 57.8. The van der Waals surface area contributed by atoms with Crippen molar-refractivity contribution in [1.82, 2.24) is 0 Å². The molecule has 0 spiro atoms. The van der Waals surface area contributed by atoms with Crippen molar-refractivity contribution < 1.29 is 8.83 Å². The largest absolute Gasteiger partial charge is 0.456 e. The number of nitrogens with zero attached hydrogens (tertiary/aromatic N) is 1. The summed E-state index contributed by atoms with van der Waals surface area (Å²) in [6.07, 6.45) is 0. The van der Waals surface area contributed by atoms with Crippen LogP contribution in [0.25, 0.3) is 76.5 Å². The smallest absolute Gasteiger partial charge is 0.159 e. The summed E-state index contributed by atoms with van der Waals surface area (Å²) >= 11 is 0. The van der Waals surface area contributed by atoms with Crippen LogP contribution >= 0.6 is 0 Å². The topological polar surface area (TPSA) is 29.5 Å². The van der Waals surface area contributed by atoms with Gasteiger partial charge in [0.15, 0.2) is 5.58 Å². The van der Waals surface area contributed by atoms with Crippen molar-refractivity contribution in [1.29, 1.82) is 0 Å². The summed E-state index contributed by atoms with van der Waals surface area (Å²) < 4.78 is 13.2. The summed E-state index contributed by atoms with van der Waals surface area (Å²) in [6.45, 7) is 0. The maximum absolute atomic E-state index is 6.88. The first-order valence-electron chi connectivity index (χ1n) is 15.9. The van der Waals surface area contributed by atoms with Crippen LogP contribution in [0.1, 0.15) is 0 Å². The molecule has 0 bridgehead atoms. The maximum Gasteiger partial charge on any atom is 0.159 e. The van der Waals surface area contributed by atoms with Crippen molar-refractivity contribution in [2.45, 2.75) is 0 Å². The Morgan fingerprint density at radius 3 is 1.85 bits per heavy atom. The van der Waals surface area contributed by atoms with Crippen molar-refractivity contribution in [2.24, 2.45) is 0 Å². The minimum absolute atomic E-state index is 0.849. The Bertz CT molecular complexity index is 2800. The lowest BCUT2D eigenvalue weighted by Gasteiger charge is -2.26. The lowest BCUT2D eigenvalue weighted by molar-refractivity contribution is 0.668. The van der Waals surface area contributed by atoms with E-state index in [0.29, 0.717) is 0 Å². The highest BCUT2D eigenvalue weighted by Gasteiger charge is 2.23. The van der Waals surface area contributed by atoms with Crippen LogP contribution in [0.2, 0.25) is 0 Å². The van der Waals surface area contributed by atoms with E-state index in [2.05, 4.69) is 157 Å². The lowest BCUT2D eigenvalue weighted by Crippen LogP contribution is -2.10. The summed E-state index contributed by atoms with van der Waals surface area (Å²) in [5.74, 6) is 0. The third kappa shape index (κ3) is 3.93. The molecule has 3 heteroatoms. The van der Waals surface area contributed by atoms with Crippen molar-refractivity contribution in [3.63, 3.8) is 0 Å². The van der Waals surface area contributed by atoms with E-state index in [4.69, 9.17) is 8.83 Å². The molecule has 8 aromatic carbocycles. The van der Waals surface area contributed by atoms with Crippen molar-refractivity contribution >= 4 is 82.5 Å². The van der Waals surface area contributed by atoms with Gasteiger partial charge in [0.05, 0.1) is 16.8 Å². The van der Waals surface area contributed by atoms with Gasteiger partial charge in [0.1, 0.15) is 16.7 Å². The summed E-state index contributed by atoms with van der Waals surface area (Å²) in [7, 11) is 0. The number of para-hydroxylation sites is 2. The average molecular weight is 602 g/mol. The zero-order chi connectivity index (χ0) is 30.9. The van der Waals surface area contributed by atoms with Gasteiger partial charge >= 0.3 is 0 Å². The zero-order valence-electron chi connectivity index (χ0n) is 25.4. The van der Waals surface area contributed by atoms with Crippen LogP contribution < -0.4 is 4.90 Å². The SMILES string of the molecule is c1ccc2c(-c3ccc(N(c4cccc5c4oc4c6ccccc6ccc54)c4cccc5oc6ccccc6c45)cc3)cccc2c1. The molecular weight excluding hydrogens is 574 g/mol. The van der Waals surface area contributed by atoms with Gasteiger partial charge in [0.25, 0.3) is 0 Å². The lowest BCUT2D eigenvalue weighted by atomic mass is 9.98. The number of benzene rings is 8. The Labute approximate surface area is 270 Å². The number of hydrogen-bond donors (Lipinski definition) is 0. The van der Waals surface area contributed by atoms with Crippen LogP contribution in [-0.4, -0.2) is 0 Å². The molecule has 0 unspecified atom stereocenters. The van der Waals surface area contributed by atoms with Crippen LogP contribution in [0.15, 0.2) is 173 Å². The number of hydrogen-bond acceptors (Lipinski definition) is 3. The summed E-state index contributed by atoms with van der Waals surface area (Å²) in [5.41, 5.74) is 8.90. The second-order valence-corrected chi connectivity index (χ2v) is 12.1. The predicted molar refractivity (Wildman–Crippen MR) is 196 cm³/mol. The van der Waals surface area contributed by atoms with E-state index in [-0.39, 0.29) is 0 Å². The van der Waals surface area contributed by atoms with E-state index in [1.54, 1.807) is 0 Å². The molecule has 0 N–H and O–H groups in total. The minimum Gasteiger partial charge on any atom is -0.456 e. The highest BCUT2D eigenvalue weighted by atomic mass is 16.3. The fourth-order valence-corrected chi connectivity index (χ4v) is 7.30. The van der Waals surface area contributed by atoms with E-state index in [9.17, 15) is 0 Å². The average Bonchev–Trinajstić information content (AvgIpc) is 3.72. The van der Waals surface area contributed by atoms with E-state index in [1.807, 2.05) is 12.1 Å². The van der Waals surface area contributed by atoms with E-state index in [0.717, 1.165) is 71.7 Å². The molecule has 0 saturated carbocycles. The molecule has 2 heterocycles. The monoisotopic (exact) mass is 601 g/mol. The third-order valence-corrected chi connectivity index (χ3v) is 9.46. The standard InChI is InChI=1S/C44H27NO2/c1-3-13-32-28(10-1)12-7-16-33(32)30-22-25-31(26-23-30)45(38-18-9-21-41-42(38)37-15-5-6-20-40(37)46-41)39-19-8-17-35-36-27-24-29-11-2-4-14-34(29)43(36)47-44(35)39/h1-27H. The second kappa shape index (κ2) is 10.1. The first-order chi connectivity index (χ1) is 23.3. The van der Waals surface area contributed by atoms with Crippen LogP contribution in [0, 0.1) is 0 Å². The molecule has 0 saturated heterocycles. The normalized spacial score (nSPS) is 11.8. The molecule has 0 amide bonds. The third-order valence-electron chi connectivity index (χ3n) is 9.46. The zero-order valence-corrected chi connectivity index (χ0v) is 25.4. The van der Waals surface area contributed by atoms with Gasteiger partial charge in [0, 0.05) is 27.2 Å². The molecule has 10 aromatic rings. The van der Waals surface area contributed by atoms with Crippen molar-refractivity contribution in [3.05, 3.63) is 164 Å². The van der Waals surface area contributed by atoms with Crippen LogP contribution in [0.5, 0.6) is 0 Å². The van der Waals surface area contributed by atoms with Crippen LogP contribution in [-0.2, 0) is 0 Å². The molecule has 2 aromatic heterocycles. The number of fused-ring (bicyclic) bond motifs is 9. The molecule has 0 fully saturated rings. The Morgan fingerprint density at radius 1 is 0.362 bits per heavy atom. The van der Waals surface area contributed by atoms with Crippen LogP contribution in [0.3, 0.4) is 0 Å². The first kappa shape index (κ1) is 26.0. The van der Waals surface area contributed by atoms with E-state index in [1.165, 1.54) is 21.9 Å². The summed E-state index contributed by atoms with van der Waals surface area (Å²) in [4.78, 5) is 2.32.